The molecule has 1 aliphatic heterocycles. The molecule has 1 heterocycles. The molecular formula is C31H35ClN4O5S. The van der Waals surface area contributed by atoms with E-state index in [1.54, 1.807) is 42.5 Å². The molecule has 0 bridgehead atoms. The second kappa shape index (κ2) is 13.4. The van der Waals surface area contributed by atoms with E-state index in [-0.39, 0.29) is 18.1 Å². The SMILES string of the molecule is CCCS(=O)(=O)N(CCN(C)C)c1ccc(NC(=C2C(=O)Nc3cc(Cl)ccc32)c2ccc(CCC(=O)O)cc2)cc1. The Bertz CT molecular complexity index is 1590. The van der Waals surface area contributed by atoms with Crippen molar-refractivity contribution >= 4 is 61.8 Å². The number of aryl methyl sites for hydroxylation is 1. The van der Waals surface area contributed by atoms with Gasteiger partial charge in [-0.2, -0.15) is 0 Å². The summed E-state index contributed by atoms with van der Waals surface area (Å²) in [6.07, 6.45) is 0.929. The van der Waals surface area contributed by atoms with Gasteiger partial charge in [0.25, 0.3) is 5.91 Å². The van der Waals surface area contributed by atoms with Gasteiger partial charge in [0.05, 0.1) is 28.4 Å². The number of rotatable bonds is 13. The summed E-state index contributed by atoms with van der Waals surface area (Å²) in [5.74, 6) is -1.10. The number of hydrogen-bond donors (Lipinski definition) is 3. The lowest BCUT2D eigenvalue weighted by atomic mass is 9.98. The topological polar surface area (TPSA) is 119 Å². The van der Waals surface area contributed by atoms with Gasteiger partial charge in [-0.05, 0) is 74.5 Å². The van der Waals surface area contributed by atoms with Crippen molar-refractivity contribution in [2.45, 2.75) is 26.2 Å². The minimum Gasteiger partial charge on any atom is -0.481 e. The molecule has 0 radical (unpaired) electrons. The highest BCUT2D eigenvalue weighted by atomic mass is 35.5. The van der Waals surface area contributed by atoms with Crippen LogP contribution < -0.4 is 14.9 Å². The van der Waals surface area contributed by atoms with Gasteiger partial charge >= 0.3 is 5.97 Å². The molecule has 0 unspecified atom stereocenters. The third-order valence-electron chi connectivity index (χ3n) is 6.82. The first-order chi connectivity index (χ1) is 20.0. The number of amides is 1. The van der Waals surface area contributed by atoms with Crippen molar-refractivity contribution in [2.75, 3.05) is 47.9 Å². The molecule has 0 aromatic heterocycles. The molecule has 0 saturated carbocycles. The molecule has 0 aliphatic carbocycles. The van der Waals surface area contributed by atoms with Crippen LogP contribution in [0.3, 0.4) is 0 Å². The zero-order chi connectivity index (χ0) is 30.4. The van der Waals surface area contributed by atoms with Gasteiger partial charge in [-0.15, -0.1) is 0 Å². The first-order valence-corrected chi connectivity index (χ1v) is 15.7. The summed E-state index contributed by atoms with van der Waals surface area (Å²) in [5, 5.41) is 15.8. The van der Waals surface area contributed by atoms with E-state index in [0.29, 0.717) is 64.8 Å². The molecule has 1 amide bonds. The predicted molar refractivity (Wildman–Crippen MR) is 169 cm³/mol. The van der Waals surface area contributed by atoms with E-state index in [0.717, 1.165) is 11.1 Å². The smallest absolute Gasteiger partial charge is 0.303 e. The number of likely N-dealkylation sites (N-methyl/N-ethyl adjacent to an activating group) is 1. The van der Waals surface area contributed by atoms with Crippen LogP contribution in [-0.4, -0.2) is 63.2 Å². The highest BCUT2D eigenvalue weighted by molar-refractivity contribution is 7.92. The molecule has 3 aromatic carbocycles. The van der Waals surface area contributed by atoms with Crippen molar-refractivity contribution in [3.05, 3.63) is 88.4 Å². The zero-order valence-electron chi connectivity index (χ0n) is 23.9. The van der Waals surface area contributed by atoms with Crippen LogP contribution in [-0.2, 0) is 26.0 Å². The molecule has 11 heteroatoms. The third-order valence-corrected chi connectivity index (χ3v) is 9.04. The van der Waals surface area contributed by atoms with E-state index >= 15 is 0 Å². The first kappa shape index (κ1) is 31.1. The number of fused-ring (bicyclic) bond motifs is 1. The molecule has 4 rings (SSSR count). The van der Waals surface area contributed by atoms with Crippen molar-refractivity contribution in [3.63, 3.8) is 0 Å². The second-order valence-corrected chi connectivity index (χ2v) is 12.8. The Balaban J connectivity index is 1.72. The van der Waals surface area contributed by atoms with Crippen LogP contribution in [0.2, 0.25) is 5.02 Å². The Kier molecular flexibility index (Phi) is 9.93. The molecule has 0 atom stereocenters. The van der Waals surface area contributed by atoms with Crippen LogP contribution in [0.5, 0.6) is 0 Å². The van der Waals surface area contributed by atoms with Gasteiger partial charge in [0.1, 0.15) is 0 Å². The largest absolute Gasteiger partial charge is 0.481 e. The number of carbonyl (C=O) groups excluding carboxylic acids is 1. The summed E-state index contributed by atoms with van der Waals surface area (Å²) in [4.78, 5) is 26.2. The second-order valence-electron chi connectivity index (χ2n) is 10.3. The molecule has 3 aromatic rings. The van der Waals surface area contributed by atoms with Crippen molar-refractivity contribution in [3.8, 4) is 0 Å². The van der Waals surface area contributed by atoms with Crippen LogP contribution in [0.4, 0.5) is 17.1 Å². The number of nitrogens with zero attached hydrogens (tertiary/aromatic N) is 2. The number of carbonyl (C=O) groups is 2. The molecule has 9 nitrogen and oxygen atoms in total. The van der Waals surface area contributed by atoms with Crippen molar-refractivity contribution in [1.82, 2.24) is 4.90 Å². The van der Waals surface area contributed by atoms with Crippen LogP contribution in [0.1, 0.15) is 36.5 Å². The van der Waals surface area contributed by atoms with E-state index in [9.17, 15) is 18.0 Å². The molecule has 1 aliphatic rings. The highest BCUT2D eigenvalue weighted by Gasteiger charge is 2.29. The average molecular weight is 611 g/mol. The lowest BCUT2D eigenvalue weighted by Crippen LogP contribution is -2.38. The summed E-state index contributed by atoms with van der Waals surface area (Å²) >= 11 is 6.17. The Morgan fingerprint density at radius 2 is 1.69 bits per heavy atom. The number of carboxylic acid groups (broad SMARTS) is 1. The number of halogens is 1. The van der Waals surface area contributed by atoms with Gasteiger partial charge < -0.3 is 20.6 Å². The number of aliphatic carboxylic acids is 1. The fourth-order valence-corrected chi connectivity index (χ4v) is 6.42. The van der Waals surface area contributed by atoms with Crippen molar-refractivity contribution in [2.24, 2.45) is 0 Å². The first-order valence-electron chi connectivity index (χ1n) is 13.7. The molecule has 0 fully saturated rings. The Morgan fingerprint density at radius 1 is 1.00 bits per heavy atom. The van der Waals surface area contributed by atoms with Crippen molar-refractivity contribution in [1.29, 1.82) is 0 Å². The molecule has 222 valence electrons. The molecule has 0 spiro atoms. The maximum Gasteiger partial charge on any atom is 0.303 e. The number of benzene rings is 3. The lowest BCUT2D eigenvalue weighted by molar-refractivity contribution is -0.137. The third kappa shape index (κ3) is 7.50. The standard InChI is InChI=1S/C31H35ClN4O5S/c1-4-19-42(40,41)36(18-17-35(2)3)25-13-11-24(12-14-25)33-30(22-8-5-21(6-9-22)7-16-28(37)38)29-26-15-10-23(32)20-27(26)34-31(29)39/h5-6,8-15,20,33H,4,7,16-19H2,1-3H3,(H,34,39)(H,37,38). The van der Waals surface area contributed by atoms with E-state index in [1.807, 2.05) is 50.2 Å². The van der Waals surface area contributed by atoms with Gasteiger partial charge in [-0.25, -0.2) is 8.42 Å². The number of nitrogens with one attached hydrogen (secondary N) is 2. The van der Waals surface area contributed by atoms with Gasteiger partial charge in [0.15, 0.2) is 0 Å². The van der Waals surface area contributed by atoms with Gasteiger partial charge in [-0.1, -0.05) is 48.9 Å². The van der Waals surface area contributed by atoms with Gasteiger partial charge in [0, 0.05) is 35.8 Å². The van der Waals surface area contributed by atoms with Crippen LogP contribution in [0, 0.1) is 0 Å². The van der Waals surface area contributed by atoms with E-state index < -0.39 is 16.0 Å². The monoisotopic (exact) mass is 610 g/mol. The predicted octanol–water partition coefficient (Wildman–Crippen LogP) is 5.40. The normalized spacial score (nSPS) is 14.0. The lowest BCUT2D eigenvalue weighted by Gasteiger charge is -2.26. The summed E-state index contributed by atoms with van der Waals surface area (Å²) in [7, 11) is 0.304. The molecule has 0 saturated heterocycles. The van der Waals surface area contributed by atoms with E-state index in [1.165, 1.54) is 4.31 Å². The highest BCUT2D eigenvalue weighted by Crippen LogP contribution is 2.39. The van der Waals surface area contributed by atoms with E-state index in [2.05, 4.69) is 10.6 Å². The Labute approximate surface area is 251 Å². The molecule has 3 N–H and O–H groups in total. The van der Waals surface area contributed by atoms with Crippen molar-refractivity contribution < 1.29 is 23.1 Å². The van der Waals surface area contributed by atoms with Gasteiger partial charge in [0.2, 0.25) is 10.0 Å². The fourth-order valence-electron chi connectivity index (χ4n) is 4.70. The summed E-state index contributed by atoms with van der Waals surface area (Å²) in [6, 6.07) is 19.7. The molecule has 42 heavy (non-hydrogen) atoms. The number of carboxylic acids is 1. The summed E-state index contributed by atoms with van der Waals surface area (Å²) in [5.41, 5.74) is 5.09. The Morgan fingerprint density at radius 3 is 2.31 bits per heavy atom. The van der Waals surface area contributed by atoms with Crippen LogP contribution in [0.25, 0.3) is 11.3 Å². The van der Waals surface area contributed by atoms with E-state index in [4.69, 9.17) is 16.7 Å². The summed E-state index contributed by atoms with van der Waals surface area (Å²) in [6.45, 7) is 2.74. The number of anilines is 3. The maximum atomic E-state index is 13.2. The maximum absolute atomic E-state index is 13.2. The summed E-state index contributed by atoms with van der Waals surface area (Å²) < 4.78 is 27.5. The minimum atomic E-state index is -3.50. The number of sulfonamides is 1. The average Bonchev–Trinajstić information content (AvgIpc) is 3.25. The minimum absolute atomic E-state index is 0.0218. The fraction of sp³-hybridized carbons (Fsp3) is 0.290. The quantitative estimate of drug-likeness (QED) is 0.222. The van der Waals surface area contributed by atoms with Gasteiger partial charge in [-0.3, -0.25) is 13.9 Å². The number of hydrogen-bond acceptors (Lipinski definition) is 6. The van der Waals surface area contributed by atoms with Crippen LogP contribution >= 0.6 is 11.6 Å². The zero-order valence-corrected chi connectivity index (χ0v) is 25.4. The van der Waals surface area contributed by atoms with Crippen LogP contribution in [0.15, 0.2) is 66.7 Å². The molecular weight excluding hydrogens is 576 g/mol. The Hall–Kier alpha value is -3.86.